The predicted molar refractivity (Wildman–Crippen MR) is 71.3 cm³/mol. The summed E-state index contributed by atoms with van der Waals surface area (Å²) in [5.41, 5.74) is 0.00936. The van der Waals surface area contributed by atoms with Crippen LogP contribution in [-0.2, 0) is 4.74 Å². The summed E-state index contributed by atoms with van der Waals surface area (Å²) in [4.78, 5) is 2.60. The van der Waals surface area contributed by atoms with Crippen LogP contribution in [0, 0.1) is 5.92 Å². The van der Waals surface area contributed by atoms with Crippen molar-refractivity contribution in [3.8, 4) is 0 Å². The number of rotatable bonds is 3. The van der Waals surface area contributed by atoms with Crippen LogP contribution in [0.5, 0.6) is 0 Å². The van der Waals surface area contributed by atoms with Crippen LogP contribution >= 0.6 is 0 Å². The fourth-order valence-corrected chi connectivity index (χ4v) is 2.99. The van der Waals surface area contributed by atoms with Gasteiger partial charge in [-0.3, -0.25) is 0 Å². The zero-order chi connectivity index (χ0) is 12.3. The number of nitrogens with one attached hydrogen (secondary N) is 1. The fourth-order valence-electron chi connectivity index (χ4n) is 2.99. The van der Waals surface area contributed by atoms with Crippen molar-refractivity contribution in [1.29, 1.82) is 0 Å². The van der Waals surface area contributed by atoms with Gasteiger partial charge in [-0.2, -0.15) is 0 Å². The predicted octanol–water partition coefficient (Wildman–Crippen LogP) is 1.88. The molecule has 3 nitrogen and oxygen atoms in total. The fraction of sp³-hybridized carbons (Fsp3) is 1.00. The van der Waals surface area contributed by atoms with Gasteiger partial charge in [-0.05, 0) is 59.0 Å². The molecule has 1 N–H and O–H groups in total. The maximum atomic E-state index is 6.06. The minimum Gasteiger partial charge on any atom is -0.371 e. The molecule has 0 aromatic carbocycles. The second-order valence-electron chi connectivity index (χ2n) is 6.59. The average molecular weight is 240 g/mol. The zero-order valence-electron chi connectivity index (χ0n) is 11.7. The van der Waals surface area contributed by atoms with Crippen LogP contribution in [0.3, 0.4) is 0 Å². The van der Waals surface area contributed by atoms with E-state index in [1.54, 1.807) is 0 Å². The first kappa shape index (κ1) is 13.3. The smallest absolute Gasteiger partial charge is 0.0721 e. The van der Waals surface area contributed by atoms with Crippen molar-refractivity contribution in [2.45, 2.75) is 51.7 Å². The highest BCUT2D eigenvalue weighted by molar-refractivity contribution is 4.81. The molecule has 17 heavy (non-hydrogen) atoms. The number of hydrogen-bond acceptors (Lipinski definition) is 3. The SMILES string of the molecule is CC(C)(C)OC1CCN(CC2CCNCC2)C1. The summed E-state index contributed by atoms with van der Waals surface area (Å²) in [6.07, 6.45) is 4.36. The Labute approximate surface area is 106 Å². The molecule has 0 aromatic rings. The van der Waals surface area contributed by atoms with Gasteiger partial charge in [-0.15, -0.1) is 0 Å². The Morgan fingerprint density at radius 1 is 1.18 bits per heavy atom. The van der Waals surface area contributed by atoms with E-state index in [0.29, 0.717) is 6.10 Å². The molecule has 0 bridgehead atoms. The summed E-state index contributed by atoms with van der Waals surface area (Å²) in [5, 5.41) is 3.44. The highest BCUT2D eigenvalue weighted by Crippen LogP contribution is 2.22. The molecule has 1 unspecified atom stereocenters. The quantitative estimate of drug-likeness (QED) is 0.815. The maximum Gasteiger partial charge on any atom is 0.0721 e. The number of nitrogens with zero attached hydrogens (tertiary/aromatic N) is 1. The maximum absolute atomic E-state index is 6.06. The molecule has 2 heterocycles. The van der Waals surface area contributed by atoms with Crippen molar-refractivity contribution < 1.29 is 4.74 Å². The molecule has 100 valence electrons. The molecule has 3 heteroatoms. The first-order valence-corrected chi connectivity index (χ1v) is 7.14. The van der Waals surface area contributed by atoms with Gasteiger partial charge in [0.1, 0.15) is 0 Å². The summed E-state index contributed by atoms with van der Waals surface area (Å²) < 4.78 is 6.06. The molecule has 2 saturated heterocycles. The monoisotopic (exact) mass is 240 g/mol. The van der Waals surface area contributed by atoms with E-state index in [0.717, 1.165) is 12.5 Å². The van der Waals surface area contributed by atoms with Crippen LogP contribution in [0.2, 0.25) is 0 Å². The third-order valence-corrected chi connectivity index (χ3v) is 3.72. The summed E-state index contributed by atoms with van der Waals surface area (Å²) in [6, 6.07) is 0. The van der Waals surface area contributed by atoms with E-state index in [-0.39, 0.29) is 5.60 Å². The molecule has 2 fully saturated rings. The number of likely N-dealkylation sites (tertiary alicyclic amines) is 1. The van der Waals surface area contributed by atoms with Crippen LogP contribution in [0.1, 0.15) is 40.0 Å². The largest absolute Gasteiger partial charge is 0.371 e. The zero-order valence-corrected chi connectivity index (χ0v) is 11.7. The Morgan fingerprint density at radius 2 is 1.88 bits per heavy atom. The van der Waals surface area contributed by atoms with Gasteiger partial charge < -0.3 is 15.0 Å². The molecule has 2 rings (SSSR count). The van der Waals surface area contributed by atoms with E-state index in [1.165, 1.54) is 45.4 Å². The van der Waals surface area contributed by atoms with E-state index >= 15 is 0 Å². The second kappa shape index (κ2) is 5.68. The lowest BCUT2D eigenvalue weighted by atomic mass is 9.98. The molecule has 0 aliphatic carbocycles. The van der Waals surface area contributed by atoms with Crippen molar-refractivity contribution in [2.75, 3.05) is 32.7 Å². The van der Waals surface area contributed by atoms with Gasteiger partial charge in [-0.1, -0.05) is 0 Å². The van der Waals surface area contributed by atoms with Crippen molar-refractivity contribution in [2.24, 2.45) is 5.92 Å². The van der Waals surface area contributed by atoms with Gasteiger partial charge in [0, 0.05) is 19.6 Å². The first-order chi connectivity index (χ1) is 8.03. The standard InChI is InChI=1S/C14H28N2O/c1-14(2,3)17-13-6-9-16(11-13)10-12-4-7-15-8-5-12/h12-13,15H,4-11H2,1-3H3. The van der Waals surface area contributed by atoms with Gasteiger partial charge in [-0.25, -0.2) is 0 Å². The van der Waals surface area contributed by atoms with Crippen LogP contribution in [-0.4, -0.2) is 49.3 Å². The minimum absolute atomic E-state index is 0.00936. The molecular formula is C14H28N2O. The molecule has 1 atom stereocenters. The van der Waals surface area contributed by atoms with E-state index < -0.39 is 0 Å². The molecule has 0 radical (unpaired) electrons. The van der Waals surface area contributed by atoms with Gasteiger partial charge >= 0.3 is 0 Å². The van der Waals surface area contributed by atoms with E-state index in [2.05, 4.69) is 31.0 Å². The van der Waals surface area contributed by atoms with Crippen molar-refractivity contribution in [1.82, 2.24) is 10.2 Å². The Balaban J connectivity index is 1.70. The van der Waals surface area contributed by atoms with Crippen LogP contribution in [0.15, 0.2) is 0 Å². The van der Waals surface area contributed by atoms with E-state index in [4.69, 9.17) is 4.74 Å². The summed E-state index contributed by atoms with van der Waals surface area (Å²) in [7, 11) is 0. The summed E-state index contributed by atoms with van der Waals surface area (Å²) >= 11 is 0. The van der Waals surface area contributed by atoms with Crippen LogP contribution in [0.4, 0.5) is 0 Å². The minimum atomic E-state index is 0.00936. The normalized spacial score (nSPS) is 28.8. The Kier molecular flexibility index (Phi) is 4.45. The van der Waals surface area contributed by atoms with Gasteiger partial charge in [0.05, 0.1) is 11.7 Å². The summed E-state index contributed by atoms with van der Waals surface area (Å²) in [5.74, 6) is 0.907. The Hall–Kier alpha value is -0.120. The Bertz CT molecular complexity index is 231. The topological polar surface area (TPSA) is 24.5 Å². The first-order valence-electron chi connectivity index (χ1n) is 7.14. The second-order valence-corrected chi connectivity index (χ2v) is 6.59. The highest BCUT2D eigenvalue weighted by Gasteiger charge is 2.28. The number of piperidine rings is 1. The van der Waals surface area contributed by atoms with Crippen LogP contribution < -0.4 is 5.32 Å². The molecular weight excluding hydrogens is 212 g/mol. The lowest BCUT2D eigenvalue weighted by molar-refractivity contribution is -0.0543. The molecule has 2 aliphatic rings. The van der Waals surface area contributed by atoms with Crippen LogP contribution in [0.25, 0.3) is 0 Å². The molecule has 0 aromatic heterocycles. The van der Waals surface area contributed by atoms with Gasteiger partial charge in [0.25, 0.3) is 0 Å². The highest BCUT2D eigenvalue weighted by atomic mass is 16.5. The molecule has 2 aliphatic heterocycles. The summed E-state index contributed by atoms with van der Waals surface area (Å²) in [6.45, 7) is 12.5. The average Bonchev–Trinajstić information content (AvgIpc) is 2.64. The lowest BCUT2D eigenvalue weighted by Gasteiger charge is -2.28. The third-order valence-electron chi connectivity index (χ3n) is 3.72. The number of ether oxygens (including phenoxy) is 1. The van der Waals surface area contributed by atoms with E-state index in [9.17, 15) is 0 Å². The third kappa shape index (κ3) is 4.57. The van der Waals surface area contributed by atoms with Gasteiger partial charge in [0.15, 0.2) is 0 Å². The van der Waals surface area contributed by atoms with E-state index in [1.807, 2.05) is 0 Å². The van der Waals surface area contributed by atoms with Gasteiger partial charge in [0.2, 0.25) is 0 Å². The lowest BCUT2D eigenvalue weighted by Crippen LogP contribution is -2.36. The number of hydrogen-bond donors (Lipinski definition) is 1. The molecule has 0 amide bonds. The van der Waals surface area contributed by atoms with Crippen molar-refractivity contribution in [3.63, 3.8) is 0 Å². The Morgan fingerprint density at radius 3 is 2.53 bits per heavy atom. The van der Waals surface area contributed by atoms with Crippen molar-refractivity contribution in [3.05, 3.63) is 0 Å². The van der Waals surface area contributed by atoms with Crippen molar-refractivity contribution >= 4 is 0 Å². The molecule has 0 saturated carbocycles. The molecule has 0 spiro atoms.